The van der Waals surface area contributed by atoms with Crippen LogP contribution in [0.3, 0.4) is 0 Å². The molecule has 2 heterocycles. The van der Waals surface area contributed by atoms with Gasteiger partial charge in [0.2, 0.25) is 4.77 Å². The Morgan fingerprint density at radius 2 is 1.92 bits per heavy atom. The highest BCUT2D eigenvalue weighted by atomic mass is 32.1. The zero-order valence-corrected chi connectivity index (χ0v) is 16.4. The minimum Gasteiger partial charge on any atom is -0.278 e. The molecule has 0 radical (unpaired) electrons. The first-order valence-electron chi connectivity index (χ1n) is 8.33. The zero-order chi connectivity index (χ0) is 18.5. The molecule has 3 rings (SSSR count). The molecule has 0 bridgehead atoms. The molecule has 8 heteroatoms. The van der Waals surface area contributed by atoms with Crippen LogP contribution in [-0.4, -0.2) is 30.7 Å². The van der Waals surface area contributed by atoms with Crippen LogP contribution in [0.25, 0.3) is 0 Å². The van der Waals surface area contributed by atoms with E-state index in [0.717, 1.165) is 12.1 Å². The van der Waals surface area contributed by atoms with Crippen molar-refractivity contribution < 1.29 is 0 Å². The number of rotatable bonds is 7. The van der Waals surface area contributed by atoms with Gasteiger partial charge in [-0.1, -0.05) is 18.2 Å². The summed E-state index contributed by atoms with van der Waals surface area (Å²) in [5.41, 5.74) is 1.82. The van der Waals surface area contributed by atoms with Gasteiger partial charge >= 0.3 is 0 Å². The van der Waals surface area contributed by atoms with Crippen molar-refractivity contribution in [2.75, 3.05) is 0 Å². The second-order valence-electron chi connectivity index (χ2n) is 6.29. The van der Waals surface area contributed by atoms with Gasteiger partial charge in [0.05, 0.1) is 24.8 Å². The van der Waals surface area contributed by atoms with Crippen molar-refractivity contribution in [2.45, 2.75) is 39.6 Å². The summed E-state index contributed by atoms with van der Waals surface area (Å²) < 4.78 is 4.12. The lowest BCUT2D eigenvalue weighted by Crippen LogP contribution is -2.33. The molecule has 2 aromatic heterocycles. The van der Waals surface area contributed by atoms with Crippen LogP contribution in [0.4, 0.5) is 0 Å². The van der Waals surface area contributed by atoms with E-state index in [4.69, 9.17) is 17.5 Å². The van der Waals surface area contributed by atoms with E-state index in [0.29, 0.717) is 29.6 Å². The lowest BCUT2D eigenvalue weighted by Gasteiger charge is -2.25. The molecule has 1 aromatic carbocycles. The number of tetrazole rings is 1. The van der Waals surface area contributed by atoms with E-state index in [9.17, 15) is 0 Å². The molecule has 0 unspecified atom stereocenters. The van der Waals surface area contributed by atoms with Crippen molar-refractivity contribution in [3.8, 4) is 6.07 Å². The fourth-order valence-corrected chi connectivity index (χ4v) is 3.41. The SMILES string of the molecule is CC(C)N(Cc1ccc(C#N)cc1)Cn1nnn(Cc2cccs2)c1=S. The highest BCUT2D eigenvalue weighted by Crippen LogP contribution is 2.13. The third-order valence-corrected chi connectivity index (χ3v) is 5.38. The van der Waals surface area contributed by atoms with Crippen molar-refractivity contribution >= 4 is 23.6 Å². The average Bonchev–Trinajstić information content (AvgIpc) is 3.27. The molecule has 3 aromatic rings. The third-order valence-electron chi connectivity index (χ3n) is 4.10. The summed E-state index contributed by atoms with van der Waals surface area (Å²) in [7, 11) is 0. The number of aromatic nitrogens is 4. The Kier molecular flexibility index (Phi) is 5.93. The number of hydrogen-bond donors (Lipinski definition) is 0. The molecule has 0 aliphatic rings. The first-order valence-corrected chi connectivity index (χ1v) is 9.61. The first-order chi connectivity index (χ1) is 12.6. The number of thiophene rings is 1. The fourth-order valence-electron chi connectivity index (χ4n) is 2.53. The van der Waals surface area contributed by atoms with Crippen LogP contribution in [-0.2, 0) is 19.8 Å². The van der Waals surface area contributed by atoms with Gasteiger partial charge in [-0.15, -0.1) is 11.3 Å². The van der Waals surface area contributed by atoms with Gasteiger partial charge in [-0.2, -0.15) is 5.26 Å². The average molecular weight is 385 g/mol. The Balaban J connectivity index is 1.72. The van der Waals surface area contributed by atoms with Gasteiger partial charge in [0.25, 0.3) is 0 Å². The maximum Gasteiger partial charge on any atom is 0.217 e. The van der Waals surface area contributed by atoms with E-state index in [1.54, 1.807) is 20.7 Å². The third kappa shape index (κ3) is 4.43. The summed E-state index contributed by atoms with van der Waals surface area (Å²) in [4.78, 5) is 3.47. The minimum absolute atomic E-state index is 0.315. The Morgan fingerprint density at radius 3 is 2.54 bits per heavy atom. The lowest BCUT2D eigenvalue weighted by molar-refractivity contribution is 0.152. The van der Waals surface area contributed by atoms with Gasteiger partial charge in [-0.25, -0.2) is 9.36 Å². The second-order valence-corrected chi connectivity index (χ2v) is 7.69. The summed E-state index contributed by atoms with van der Waals surface area (Å²) in [6, 6.07) is 14.2. The molecular formula is C18H20N6S2. The van der Waals surface area contributed by atoms with Gasteiger partial charge in [-0.3, -0.25) is 4.90 Å². The number of nitriles is 1. The van der Waals surface area contributed by atoms with Crippen molar-refractivity contribution in [3.05, 3.63) is 62.6 Å². The lowest BCUT2D eigenvalue weighted by atomic mass is 10.1. The molecule has 0 saturated carbocycles. The molecule has 6 nitrogen and oxygen atoms in total. The van der Waals surface area contributed by atoms with Crippen LogP contribution in [0, 0.1) is 16.1 Å². The van der Waals surface area contributed by atoms with Gasteiger partial charge < -0.3 is 0 Å². The van der Waals surface area contributed by atoms with Crippen LogP contribution in [0.15, 0.2) is 41.8 Å². The summed E-state index contributed by atoms with van der Waals surface area (Å²) in [5, 5.41) is 19.4. The molecule has 0 saturated heterocycles. The number of nitrogens with zero attached hydrogens (tertiary/aromatic N) is 6. The molecule has 0 atom stereocenters. The van der Waals surface area contributed by atoms with E-state index in [1.807, 2.05) is 35.7 Å². The summed E-state index contributed by atoms with van der Waals surface area (Å²) in [6.45, 7) is 6.25. The molecule has 0 N–H and O–H groups in total. The predicted molar refractivity (Wildman–Crippen MR) is 104 cm³/mol. The molecule has 0 aliphatic heterocycles. The van der Waals surface area contributed by atoms with Crippen molar-refractivity contribution in [3.63, 3.8) is 0 Å². The van der Waals surface area contributed by atoms with Gasteiger partial charge in [0, 0.05) is 17.5 Å². The van der Waals surface area contributed by atoms with E-state index in [-0.39, 0.29) is 0 Å². The molecule has 0 amide bonds. The molecule has 26 heavy (non-hydrogen) atoms. The van der Waals surface area contributed by atoms with Crippen LogP contribution >= 0.6 is 23.6 Å². The monoisotopic (exact) mass is 384 g/mol. The fraction of sp³-hybridized carbons (Fsp3) is 0.333. The topological polar surface area (TPSA) is 62.7 Å². The smallest absolute Gasteiger partial charge is 0.217 e. The molecule has 134 valence electrons. The predicted octanol–water partition coefficient (Wildman–Crippen LogP) is 3.66. The number of benzene rings is 1. The normalized spacial score (nSPS) is 11.2. The Bertz CT molecular complexity index is 931. The van der Waals surface area contributed by atoms with E-state index >= 15 is 0 Å². The van der Waals surface area contributed by atoms with Crippen molar-refractivity contribution in [1.29, 1.82) is 5.26 Å². The molecular weight excluding hydrogens is 364 g/mol. The highest BCUT2D eigenvalue weighted by Gasteiger charge is 2.14. The van der Waals surface area contributed by atoms with E-state index < -0.39 is 0 Å². The first kappa shape index (κ1) is 18.5. The largest absolute Gasteiger partial charge is 0.278 e. The highest BCUT2D eigenvalue weighted by molar-refractivity contribution is 7.71. The van der Waals surface area contributed by atoms with Crippen LogP contribution in [0.5, 0.6) is 0 Å². The zero-order valence-electron chi connectivity index (χ0n) is 14.7. The van der Waals surface area contributed by atoms with Crippen molar-refractivity contribution in [2.24, 2.45) is 0 Å². The molecule has 0 aliphatic carbocycles. The molecule has 0 spiro atoms. The summed E-state index contributed by atoms with van der Waals surface area (Å²) in [5.74, 6) is 0. The number of hydrogen-bond acceptors (Lipinski definition) is 6. The molecule has 0 fully saturated rings. The van der Waals surface area contributed by atoms with Crippen LogP contribution in [0.2, 0.25) is 0 Å². The Labute approximate surface area is 161 Å². The Hall–Kier alpha value is -2.34. The summed E-state index contributed by atoms with van der Waals surface area (Å²) in [6.07, 6.45) is 0. The van der Waals surface area contributed by atoms with Crippen LogP contribution < -0.4 is 0 Å². The van der Waals surface area contributed by atoms with Gasteiger partial charge in [-0.05, 0) is 65.6 Å². The minimum atomic E-state index is 0.315. The quantitative estimate of drug-likeness (QED) is 0.582. The van der Waals surface area contributed by atoms with E-state index in [1.165, 1.54) is 4.88 Å². The van der Waals surface area contributed by atoms with Crippen molar-refractivity contribution in [1.82, 2.24) is 24.7 Å². The maximum atomic E-state index is 8.93. The van der Waals surface area contributed by atoms with E-state index in [2.05, 4.69) is 41.3 Å². The Morgan fingerprint density at radius 1 is 1.19 bits per heavy atom. The second kappa shape index (κ2) is 8.36. The standard InChI is InChI=1S/C18H20N6S2/c1-14(2)22(11-16-7-5-15(10-19)6-8-16)13-24-18(25)23(20-21-24)12-17-4-3-9-26-17/h3-9,14H,11-13H2,1-2H3. The van der Waals surface area contributed by atoms with Gasteiger partial charge in [0.1, 0.15) is 0 Å². The summed E-state index contributed by atoms with van der Waals surface area (Å²) >= 11 is 7.23. The van der Waals surface area contributed by atoms with Crippen LogP contribution in [0.1, 0.15) is 29.9 Å². The van der Waals surface area contributed by atoms with Gasteiger partial charge in [0.15, 0.2) is 0 Å². The maximum absolute atomic E-state index is 8.93.